The van der Waals surface area contributed by atoms with Crippen molar-refractivity contribution >= 4 is 0 Å². The van der Waals surface area contributed by atoms with Crippen LogP contribution in [0.1, 0.15) is 13.3 Å². The molecule has 3 N–H and O–H groups in total. The summed E-state index contributed by atoms with van der Waals surface area (Å²) in [4.78, 5) is 0. The van der Waals surface area contributed by atoms with E-state index in [1.807, 2.05) is 6.92 Å². The zero-order valence-corrected chi connectivity index (χ0v) is 14.5. The summed E-state index contributed by atoms with van der Waals surface area (Å²) < 4.78 is 0. The van der Waals surface area contributed by atoms with Gasteiger partial charge < -0.3 is 24.2 Å². The van der Waals surface area contributed by atoms with Gasteiger partial charge >= 0.3 is 0 Å². The Morgan fingerprint density at radius 3 is 2.10 bits per heavy atom. The largest absolute Gasteiger partial charge is 0.456 e. The predicted octanol–water partition coefficient (Wildman–Crippen LogP) is 0.123. The number of aliphatic hydroxyl groups excluding tert-OH is 1. The van der Waals surface area contributed by atoms with E-state index in [0.29, 0.717) is 0 Å². The first-order valence-electron chi connectivity index (χ1n) is 2.78. The summed E-state index contributed by atoms with van der Waals surface area (Å²) >= 11 is 0. The van der Waals surface area contributed by atoms with Gasteiger partial charge in [0, 0.05) is 62.2 Å². The van der Waals surface area contributed by atoms with Gasteiger partial charge in [-0.3, -0.25) is 0 Å². The molecule has 0 aliphatic heterocycles. The minimum atomic E-state index is -0.620. The molecule has 0 saturated carbocycles. The minimum absolute atomic E-state index is 0. The Labute approximate surface area is 110 Å². The number of aliphatic hydroxyl groups is 1. The van der Waals surface area contributed by atoms with Gasteiger partial charge in [0.25, 0.3) is 0 Å². The molecule has 2 nitrogen and oxygen atoms in total. The second-order valence-corrected chi connectivity index (χ2v) is 1.83. The van der Waals surface area contributed by atoms with E-state index < -0.39 is 6.10 Å². The van der Waals surface area contributed by atoms with E-state index in [9.17, 15) is 0 Å². The van der Waals surface area contributed by atoms with E-state index in [1.165, 1.54) is 0 Å². The van der Waals surface area contributed by atoms with Crippen molar-refractivity contribution in [1.82, 2.24) is 0 Å². The van der Waals surface area contributed by atoms with Crippen LogP contribution in [0, 0.1) is 75.6 Å². The fourth-order valence-corrected chi connectivity index (χ4v) is 0.421. The average molecular weight is 591 g/mol. The SMILES string of the molecule is [CH2-]C(O)[CH-]C(N)CC.[U].[U]. The van der Waals surface area contributed by atoms with Crippen LogP contribution in [0.4, 0.5) is 0 Å². The molecule has 0 aromatic carbocycles. The molecule has 0 aromatic rings. The van der Waals surface area contributed by atoms with E-state index in [-0.39, 0.29) is 68.3 Å². The van der Waals surface area contributed by atoms with Crippen molar-refractivity contribution in [3.05, 3.63) is 13.3 Å². The van der Waals surface area contributed by atoms with Crippen molar-refractivity contribution in [3.8, 4) is 0 Å². The summed E-state index contributed by atoms with van der Waals surface area (Å²) in [5, 5.41) is 8.61. The van der Waals surface area contributed by atoms with Crippen LogP contribution in [0.2, 0.25) is 0 Å². The summed E-state index contributed by atoms with van der Waals surface area (Å²) in [5.74, 6) is 0. The maximum absolute atomic E-state index is 8.61. The fraction of sp³-hybridized carbons (Fsp3) is 0.667. The van der Waals surface area contributed by atoms with Gasteiger partial charge in [-0.25, -0.2) is 0 Å². The van der Waals surface area contributed by atoms with Crippen LogP contribution in [0.3, 0.4) is 0 Å². The average Bonchev–Trinajstić information content (AvgIpc) is 1.65. The summed E-state index contributed by atoms with van der Waals surface area (Å²) in [6.07, 6.45) is 1.84. The van der Waals surface area contributed by atoms with Crippen LogP contribution in [0.15, 0.2) is 0 Å². The smallest absolute Gasteiger partial charge is 0 e. The van der Waals surface area contributed by atoms with E-state index in [4.69, 9.17) is 10.8 Å². The Balaban J connectivity index is -0.000000245. The van der Waals surface area contributed by atoms with E-state index in [1.54, 1.807) is 6.42 Å². The quantitative estimate of drug-likeness (QED) is 0.459. The molecule has 0 radical (unpaired) electrons. The molecule has 0 aromatic heterocycles. The molecule has 0 aliphatic carbocycles. The van der Waals surface area contributed by atoms with Crippen LogP contribution in [-0.4, -0.2) is 17.3 Å². The molecule has 4 heteroatoms. The van der Waals surface area contributed by atoms with Crippen LogP contribution >= 0.6 is 0 Å². The molecule has 2 atom stereocenters. The molecule has 58 valence electrons. The van der Waals surface area contributed by atoms with Crippen molar-refractivity contribution in [2.75, 3.05) is 0 Å². The Bertz CT molecular complexity index is 61.7. The Kier molecular flexibility index (Phi) is 19.8. The second kappa shape index (κ2) is 11.0. The fourth-order valence-electron chi connectivity index (χ4n) is 0.421. The molecule has 0 aliphatic rings. The Hall–Kier alpha value is 2.02. The first-order chi connectivity index (χ1) is 3.66. The first-order valence-corrected chi connectivity index (χ1v) is 2.78. The molecule has 0 fully saturated rings. The van der Waals surface area contributed by atoms with Crippen molar-refractivity contribution < 1.29 is 67.3 Å². The monoisotopic (exact) mass is 591 g/mol. The third-order valence-corrected chi connectivity index (χ3v) is 0.941. The summed E-state index contributed by atoms with van der Waals surface area (Å²) in [5.41, 5.74) is 5.42. The molecule has 0 saturated heterocycles. The van der Waals surface area contributed by atoms with Crippen LogP contribution < -0.4 is 5.73 Å². The molecule has 0 bridgehead atoms. The minimum Gasteiger partial charge on any atom is -0.456 e. The zero-order chi connectivity index (χ0) is 6.57. The topological polar surface area (TPSA) is 46.2 Å². The maximum atomic E-state index is 8.61. The summed E-state index contributed by atoms with van der Waals surface area (Å²) in [6.45, 7) is 5.31. The third-order valence-electron chi connectivity index (χ3n) is 0.941. The number of rotatable bonds is 3. The van der Waals surface area contributed by atoms with Gasteiger partial charge in [-0.15, -0.1) is 6.04 Å². The van der Waals surface area contributed by atoms with Crippen LogP contribution in [0.25, 0.3) is 0 Å². The van der Waals surface area contributed by atoms with E-state index in [0.717, 1.165) is 6.42 Å². The second-order valence-electron chi connectivity index (χ2n) is 1.83. The number of nitrogens with two attached hydrogens (primary N) is 1. The molecule has 0 heterocycles. The van der Waals surface area contributed by atoms with E-state index >= 15 is 0 Å². The Morgan fingerprint density at radius 2 is 2.00 bits per heavy atom. The van der Waals surface area contributed by atoms with Gasteiger partial charge in [0.1, 0.15) is 0 Å². The van der Waals surface area contributed by atoms with E-state index in [2.05, 4.69) is 6.92 Å². The molecule has 10 heavy (non-hydrogen) atoms. The van der Waals surface area contributed by atoms with Gasteiger partial charge in [-0.05, 0) is 0 Å². The van der Waals surface area contributed by atoms with Crippen LogP contribution in [0.5, 0.6) is 0 Å². The van der Waals surface area contributed by atoms with Crippen molar-refractivity contribution in [2.45, 2.75) is 25.5 Å². The number of hydrogen-bond acceptors (Lipinski definition) is 2. The van der Waals surface area contributed by atoms with Gasteiger partial charge in [0.15, 0.2) is 0 Å². The summed E-state index contributed by atoms with van der Waals surface area (Å²) in [6, 6.07) is -0.0116. The van der Waals surface area contributed by atoms with Crippen molar-refractivity contribution in [2.24, 2.45) is 5.73 Å². The van der Waals surface area contributed by atoms with Crippen LogP contribution in [-0.2, 0) is 0 Å². The zero-order valence-electron chi connectivity index (χ0n) is 6.17. The van der Waals surface area contributed by atoms with Crippen molar-refractivity contribution in [1.29, 1.82) is 0 Å². The third kappa shape index (κ3) is 12.7. The molecular weight excluding hydrogens is 578 g/mol. The normalized spacial score (nSPS) is 14.4. The van der Waals surface area contributed by atoms with Gasteiger partial charge in [-0.2, -0.15) is 6.10 Å². The molecule has 0 spiro atoms. The van der Waals surface area contributed by atoms with Gasteiger partial charge in [-0.1, -0.05) is 13.3 Å². The van der Waals surface area contributed by atoms with Crippen molar-refractivity contribution in [3.63, 3.8) is 0 Å². The molecule has 0 rings (SSSR count). The Morgan fingerprint density at radius 1 is 1.60 bits per heavy atom. The van der Waals surface area contributed by atoms with Gasteiger partial charge in [0.2, 0.25) is 0 Å². The predicted molar refractivity (Wildman–Crippen MR) is 33.9 cm³/mol. The standard InChI is InChI=1S/C6H13NO.2U/c1-3-6(7)4-5(2)8;;/h4-6,8H,2-3,7H2,1H3;;/q-2;;. The maximum Gasteiger partial charge on any atom is 0 e. The molecule has 2 unspecified atom stereocenters. The van der Waals surface area contributed by atoms with Gasteiger partial charge in [0.05, 0.1) is 0 Å². The first kappa shape index (κ1) is 17.9. The molecular formula is C6H13NOU2-2. The molecule has 0 amide bonds. The summed E-state index contributed by atoms with van der Waals surface area (Å²) in [7, 11) is 0. The number of hydrogen-bond donors (Lipinski definition) is 2.